The Balaban J connectivity index is 2.15. The van der Waals surface area contributed by atoms with Crippen LogP contribution in [0.15, 0.2) is 18.6 Å². The summed E-state index contributed by atoms with van der Waals surface area (Å²) >= 11 is 0. The third-order valence-corrected chi connectivity index (χ3v) is 2.35. The summed E-state index contributed by atoms with van der Waals surface area (Å²) in [5.74, 6) is 1.80. The van der Waals surface area contributed by atoms with Gasteiger partial charge in [0, 0.05) is 25.4 Å². The van der Waals surface area contributed by atoms with Gasteiger partial charge in [0.15, 0.2) is 5.75 Å². The number of hydrogen-bond donors (Lipinski definition) is 1. The quantitative estimate of drug-likeness (QED) is 0.876. The average Bonchev–Trinajstić information content (AvgIpc) is 2.76. The molecule has 2 rings (SSSR count). The van der Waals surface area contributed by atoms with Crippen LogP contribution in [0.25, 0.3) is 0 Å². The molecule has 0 saturated carbocycles. The van der Waals surface area contributed by atoms with Crippen LogP contribution in [-0.4, -0.2) is 26.3 Å². The molecular weight excluding hydrogens is 230 g/mol. The molecule has 2 aromatic heterocycles. The number of aromatic nitrogens is 4. The molecule has 0 aromatic carbocycles. The Bertz CT molecular complexity index is 523. The topological polar surface area (TPSA) is 64.9 Å². The molecule has 0 aliphatic carbocycles. The maximum absolute atomic E-state index is 5.68. The van der Waals surface area contributed by atoms with Gasteiger partial charge in [-0.15, -0.1) is 0 Å². The van der Waals surface area contributed by atoms with Crippen LogP contribution in [0, 0.1) is 6.92 Å². The Hall–Kier alpha value is -2.11. The van der Waals surface area contributed by atoms with Gasteiger partial charge >= 0.3 is 0 Å². The van der Waals surface area contributed by atoms with Gasteiger partial charge in [0.1, 0.15) is 0 Å². The molecule has 2 aromatic rings. The van der Waals surface area contributed by atoms with Crippen molar-refractivity contribution in [3.63, 3.8) is 0 Å². The van der Waals surface area contributed by atoms with Crippen molar-refractivity contribution in [3.8, 4) is 11.6 Å². The molecule has 2 heterocycles. The highest BCUT2D eigenvalue weighted by molar-refractivity contribution is 5.34. The fourth-order valence-corrected chi connectivity index (χ4v) is 1.41. The Kier molecular flexibility index (Phi) is 3.76. The summed E-state index contributed by atoms with van der Waals surface area (Å²) in [5.41, 5.74) is 0.890. The summed E-state index contributed by atoms with van der Waals surface area (Å²) in [6, 6.07) is 0. The first-order valence-electron chi connectivity index (χ1n) is 5.93. The SMILES string of the molecule is CCCNc1ncc(C)c(Oc2cnn(C)c2)n1. The molecule has 0 bridgehead atoms. The van der Waals surface area contributed by atoms with E-state index in [0.717, 1.165) is 18.5 Å². The first kappa shape index (κ1) is 12.3. The summed E-state index contributed by atoms with van der Waals surface area (Å²) in [6.07, 6.45) is 6.22. The van der Waals surface area contributed by atoms with Gasteiger partial charge in [0.2, 0.25) is 11.8 Å². The van der Waals surface area contributed by atoms with Crippen molar-refractivity contribution in [2.24, 2.45) is 7.05 Å². The van der Waals surface area contributed by atoms with E-state index in [4.69, 9.17) is 4.74 Å². The van der Waals surface area contributed by atoms with Crippen molar-refractivity contribution >= 4 is 5.95 Å². The average molecular weight is 247 g/mol. The zero-order valence-corrected chi connectivity index (χ0v) is 10.8. The minimum Gasteiger partial charge on any atom is -0.435 e. The molecule has 6 nitrogen and oxygen atoms in total. The minimum atomic E-state index is 0.552. The van der Waals surface area contributed by atoms with E-state index in [2.05, 4.69) is 27.3 Å². The molecule has 0 saturated heterocycles. The van der Waals surface area contributed by atoms with Crippen LogP contribution in [0.2, 0.25) is 0 Å². The summed E-state index contributed by atoms with van der Waals surface area (Å²) in [4.78, 5) is 8.53. The molecule has 0 aliphatic rings. The lowest BCUT2D eigenvalue weighted by atomic mass is 10.4. The maximum Gasteiger partial charge on any atom is 0.227 e. The fourth-order valence-electron chi connectivity index (χ4n) is 1.41. The van der Waals surface area contributed by atoms with E-state index in [1.54, 1.807) is 23.3 Å². The molecule has 18 heavy (non-hydrogen) atoms. The van der Waals surface area contributed by atoms with Crippen molar-refractivity contribution in [1.29, 1.82) is 0 Å². The number of nitrogens with one attached hydrogen (secondary N) is 1. The van der Waals surface area contributed by atoms with E-state index in [1.807, 2.05) is 14.0 Å². The van der Waals surface area contributed by atoms with E-state index in [9.17, 15) is 0 Å². The Morgan fingerprint density at radius 3 is 2.89 bits per heavy atom. The molecule has 6 heteroatoms. The summed E-state index contributed by atoms with van der Waals surface area (Å²) < 4.78 is 7.36. The highest BCUT2D eigenvalue weighted by atomic mass is 16.5. The first-order chi connectivity index (χ1) is 8.69. The number of anilines is 1. The summed E-state index contributed by atoms with van der Waals surface area (Å²) in [7, 11) is 1.84. The number of hydrogen-bond acceptors (Lipinski definition) is 5. The Morgan fingerprint density at radius 1 is 1.39 bits per heavy atom. The molecule has 0 fully saturated rings. The van der Waals surface area contributed by atoms with Crippen LogP contribution in [0.5, 0.6) is 11.6 Å². The molecule has 0 aliphatic heterocycles. The van der Waals surface area contributed by atoms with Gasteiger partial charge in [-0.05, 0) is 13.3 Å². The van der Waals surface area contributed by atoms with Crippen LogP contribution < -0.4 is 10.1 Å². The van der Waals surface area contributed by atoms with Gasteiger partial charge in [-0.3, -0.25) is 4.68 Å². The van der Waals surface area contributed by atoms with Crippen LogP contribution in [0.3, 0.4) is 0 Å². The van der Waals surface area contributed by atoms with Crippen molar-refractivity contribution in [2.75, 3.05) is 11.9 Å². The van der Waals surface area contributed by atoms with Crippen molar-refractivity contribution in [2.45, 2.75) is 20.3 Å². The predicted octanol–water partition coefficient (Wildman–Crippen LogP) is 2.13. The van der Waals surface area contributed by atoms with Gasteiger partial charge in [0.25, 0.3) is 0 Å². The van der Waals surface area contributed by atoms with Crippen LogP contribution in [0.1, 0.15) is 18.9 Å². The molecule has 0 amide bonds. The second-order valence-corrected chi connectivity index (χ2v) is 4.06. The van der Waals surface area contributed by atoms with Gasteiger partial charge in [-0.25, -0.2) is 4.98 Å². The van der Waals surface area contributed by atoms with Gasteiger partial charge in [-0.2, -0.15) is 10.1 Å². The van der Waals surface area contributed by atoms with Gasteiger partial charge in [0.05, 0.1) is 12.4 Å². The standard InChI is InChI=1S/C12H17N5O/c1-4-5-13-12-14-6-9(2)11(16-12)18-10-7-15-17(3)8-10/h6-8H,4-5H2,1-3H3,(H,13,14,16). The molecule has 1 N–H and O–H groups in total. The monoisotopic (exact) mass is 247 g/mol. The lowest BCUT2D eigenvalue weighted by Crippen LogP contribution is -2.05. The highest BCUT2D eigenvalue weighted by Gasteiger charge is 2.07. The second-order valence-electron chi connectivity index (χ2n) is 4.06. The van der Waals surface area contributed by atoms with E-state index < -0.39 is 0 Å². The zero-order valence-electron chi connectivity index (χ0n) is 10.8. The van der Waals surface area contributed by atoms with Crippen LogP contribution >= 0.6 is 0 Å². The largest absolute Gasteiger partial charge is 0.435 e. The van der Waals surface area contributed by atoms with Gasteiger partial charge < -0.3 is 10.1 Å². The second kappa shape index (κ2) is 5.48. The van der Waals surface area contributed by atoms with Crippen molar-refractivity contribution < 1.29 is 4.74 Å². The van der Waals surface area contributed by atoms with Crippen molar-refractivity contribution in [3.05, 3.63) is 24.2 Å². The lowest BCUT2D eigenvalue weighted by molar-refractivity contribution is 0.457. The normalized spacial score (nSPS) is 10.4. The Morgan fingerprint density at radius 2 is 2.22 bits per heavy atom. The maximum atomic E-state index is 5.68. The van der Waals surface area contributed by atoms with E-state index in [0.29, 0.717) is 17.6 Å². The van der Waals surface area contributed by atoms with E-state index in [-0.39, 0.29) is 0 Å². The molecule has 0 spiro atoms. The number of nitrogens with zero attached hydrogens (tertiary/aromatic N) is 4. The molecule has 0 unspecified atom stereocenters. The smallest absolute Gasteiger partial charge is 0.227 e. The highest BCUT2D eigenvalue weighted by Crippen LogP contribution is 2.22. The summed E-state index contributed by atoms with van der Waals surface area (Å²) in [5, 5.41) is 7.18. The third-order valence-electron chi connectivity index (χ3n) is 2.35. The Labute approximate surface area is 106 Å². The van der Waals surface area contributed by atoms with Gasteiger partial charge in [-0.1, -0.05) is 6.92 Å². The van der Waals surface area contributed by atoms with Crippen molar-refractivity contribution in [1.82, 2.24) is 19.7 Å². The first-order valence-corrected chi connectivity index (χ1v) is 5.93. The number of ether oxygens (including phenoxy) is 1. The molecule has 0 radical (unpaired) electrons. The molecule has 96 valence electrons. The fraction of sp³-hybridized carbons (Fsp3) is 0.417. The third kappa shape index (κ3) is 2.97. The van der Waals surface area contributed by atoms with E-state index in [1.165, 1.54) is 0 Å². The predicted molar refractivity (Wildman–Crippen MR) is 68.8 cm³/mol. The van der Waals surface area contributed by atoms with Crippen LogP contribution in [0.4, 0.5) is 5.95 Å². The van der Waals surface area contributed by atoms with E-state index >= 15 is 0 Å². The zero-order chi connectivity index (χ0) is 13.0. The number of aryl methyl sites for hydroxylation is 2. The molecular formula is C12H17N5O. The summed E-state index contributed by atoms with van der Waals surface area (Å²) in [6.45, 7) is 4.85. The number of rotatable bonds is 5. The lowest BCUT2D eigenvalue weighted by Gasteiger charge is -2.08. The minimum absolute atomic E-state index is 0.552. The van der Waals surface area contributed by atoms with Crippen LogP contribution in [-0.2, 0) is 7.05 Å². The molecule has 0 atom stereocenters.